The average Bonchev–Trinajstić information content (AvgIpc) is 2.03. The summed E-state index contributed by atoms with van der Waals surface area (Å²) in [5.41, 5.74) is 0.932. The average molecular weight is 250 g/mol. The summed E-state index contributed by atoms with van der Waals surface area (Å²) < 4.78 is 25.2. The smallest absolute Gasteiger partial charge is 0.263 e. The lowest BCUT2D eigenvalue weighted by atomic mass is 10.2. The van der Waals surface area contributed by atoms with Gasteiger partial charge in [-0.05, 0) is 28.1 Å². The Labute approximate surface area is 84.5 Å². The summed E-state index contributed by atoms with van der Waals surface area (Å²) in [5, 5.41) is 0. The number of alkyl halides is 2. The van der Waals surface area contributed by atoms with Gasteiger partial charge in [0.05, 0.1) is 5.69 Å². The van der Waals surface area contributed by atoms with Gasteiger partial charge in [-0.1, -0.05) is 6.07 Å². The van der Waals surface area contributed by atoms with Crippen LogP contribution >= 0.6 is 15.9 Å². The zero-order valence-corrected chi connectivity index (χ0v) is 8.98. The minimum atomic E-state index is -2.41. The van der Waals surface area contributed by atoms with Gasteiger partial charge < -0.3 is 4.90 Å². The molecular formula is C9H10BrF2N. The van der Waals surface area contributed by atoms with Crippen LogP contribution in [0, 0.1) is 0 Å². The van der Waals surface area contributed by atoms with Crippen molar-refractivity contribution in [1.29, 1.82) is 0 Å². The van der Waals surface area contributed by atoms with E-state index in [0.717, 1.165) is 5.69 Å². The number of hydrogen-bond acceptors (Lipinski definition) is 1. The van der Waals surface area contributed by atoms with Gasteiger partial charge in [-0.3, -0.25) is 0 Å². The molecule has 1 aromatic carbocycles. The van der Waals surface area contributed by atoms with Crippen LogP contribution in [0.5, 0.6) is 0 Å². The molecule has 0 saturated heterocycles. The van der Waals surface area contributed by atoms with E-state index in [2.05, 4.69) is 15.9 Å². The number of benzene rings is 1. The Hall–Kier alpha value is -0.640. The van der Waals surface area contributed by atoms with Crippen LogP contribution in [0.4, 0.5) is 14.5 Å². The molecule has 1 aromatic rings. The molecule has 0 radical (unpaired) electrons. The Balaban J connectivity index is 3.06. The van der Waals surface area contributed by atoms with Crippen LogP contribution < -0.4 is 4.90 Å². The summed E-state index contributed by atoms with van der Waals surface area (Å²) in [5.74, 6) is 0. The molecule has 0 atom stereocenters. The number of halogens is 3. The summed E-state index contributed by atoms with van der Waals surface area (Å²) in [6.07, 6.45) is -2.41. The largest absolute Gasteiger partial charge is 0.377 e. The van der Waals surface area contributed by atoms with Crippen LogP contribution in [0.3, 0.4) is 0 Å². The first-order valence-electron chi connectivity index (χ1n) is 3.77. The van der Waals surface area contributed by atoms with E-state index in [1.54, 1.807) is 6.07 Å². The van der Waals surface area contributed by atoms with Gasteiger partial charge in [-0.25, -0.2) is 8.78 Å². The molecule has 13 heavy (non-hydrogen) atoms. The molecule has 0 aliphatic carbocycles. The molecule has 0 spiro atoms. The molecule has 0 aromatic heterocycles. The predicted octanol–water partition coefficient (Wildman–Crippen LogP) is 3.45. The first-order valence-corrected chi connectivity index (χ1v) is 4.56. The molecule has 0 unspecified atom stereocenters. The van der Waals surface area contributed by atoms with Crippen LogP contribution in [0.1, 0.15) is 12.0 Å². The van der Waals surface area contributed by atoms with E-state index < -0.39 is 6.43 Å². The first kappa shape index (κ1) is 10.4. The molecule has 0 aliphatic heterocycles. The highest BCUT2D eigenvalue weighted by Gasteiger charge is 2.09. The van der Waals surface area contributed by atoms with Crippen molar-refractivity contribution in [3.63, 3.8) is 0 Å². The molecular weight excluding hydrogens is 240 g/mol. The lowest BCUT2D eigenvalue weighted by Gasteiger charge is -2.15. The molecule has 4 heteroatoms. The molecule has 0 bridgehead atoms. The highest BCUT2D eigenvalue weighted by atomic mass is 79.9. The van der Waals surface area contributed by atoms with E-state index in [1.807, 2.05) is 19.0 Å². The van der Waals surface area contributed by atoms with E-state index in [-0.39, 0.29) is 5.56 Å². The van der Waals surface area contributed by atoms with E-state index in [4.69, 9.17) is 0 Å². The lowest BCUT2D eigenvalue weighted by Crippen LogP contribution is -2.09. The maximum absolute atomic E-state index is 12.2. The molecule has 0 saturated carbocycles. The van der Waals surface area contributed by atoms with Gasteiger partial charge in [0.1, 0.15) is 0 Å². The monoisotopic (exact) mass is 249 g/mol. The SMILES string of the molecule is CN(C)c1ccc(C(F)F)cc1Br. The molecule has 0 fully saturated rings. The first-order chi connectivity index (χ1) is 6.02. The highest BCUT2D eigenvalue weighted by molar-refractivity contribution is 9.10. The Kier molecular flexibility index (Phi) is 3.25. The zero-order chi connectivity index (χ0) is 10.0. The van der Waals surface area contributed by atoms with Crippen molar-refractivity contribution in [2.75, 3.05) is 19.0 Å². The maximum Gasteiger partial charge on any atom is 0.263 e. The van der Waals surface area contributed by atoms with Crippen molar-refractivity contribution in [3.05, 3.63) is 28.2 Å². The molecule has 72 valence electrons. The summed E-state index contributed by atoms with van der Waals surface area (Å²) >= 11 is 3.24. The normalized spacial score (nSPS) is 10.6. The van der Waals surface area contributed by atoms with E-state index in [9.17, 15) is 8.78 Å². The summed E-state index contributed by atoms with van der Waals surface area (Å²) in [6, 6.07) is 4.55. The molecule has 0 N–H and O–H groups in total. The molecule has 0 amide bonds. The van der Waals surface area contributed by atoms with Gasteiger partial charge in [0, 0.05) is 24.1 Å². The maximum atomic E-state index is 12.2. The van der Waals surface area contributed by atoms with Crippen LogP contribution in [-0.2, 0) is 0 Å². The lowest BCUT2D eigenvalue weighted by molar-refractivity contribution is 0.151. The Morgan fingerprint density at radius 3 is 2.31 bits per heavy atom. The van der Waals surface area contributed by atoms with Crippen LogP contribution in [0.25, 0.3) is 0 Å². The molecule has 0 heterocycles. The van der Waals surface area contributed by atoms with Gasteiger partial charge in [0.2, 0.25) is 0 Å². The zero-order valence-electron chi connectivity index (χ0n) is 7.39. The van der Waals surface area contributed by atoms with Gasteiger partial charge in [-0.15, -0.1) is 0 Å². The van der Waals surface area contributed by atoms with E-state index in [0.29, 0.717) is 4.47 Å². The van der Waals surface area contributed by atoms with Crippen LogP contribution in [0.2, 0.25) is 0 Å². The Bertz CT molecular complexity index is 300. The molecule has 1 rings (SSSR count). The quantitative estimate of drug-likeness (QED) is 0.776. The minimum absolute atomic E-state index is 0.0393. The van der Waals surface area contributed by atoms with Crippen molar-refractivity contribution in [1.82, 2.24) is 0 Å². The summed E-state index contributed by atoms with van der Waals surface area (Å²) in [7, 11) is 3.73. The van der Waals surface area contributed by atoms with Crippen LogP contribution in [0.15, 0.2) is 22.7 Å². The van der Waals surface area contributed by atoms with Crippen molar-refractivity contribution in [2.45, 2.75) is 6.43 Å². The third-order valence-corrected chi connectivity index (χ3v) is 2.34. The fourth-order valence-corrected chi connectivity index (χ4v) is 1.77. The van der Waals surface area contributed by atoms with Crippen molar-refractivity contribution in [3.8, 4) is 0 Å². The topological polar surface area (TPSA) is 3.24 Å². The number of anilines is 1. The van der Waals surface area contributed by atoms with E-state index in [1.165, 1.54) is 12.1 Å². The van der Waals surface area contributed by atoms with Crippen molar-refractivity contribution >= 4 is 21.6 Å². The second kappa shape index (κ2) is 4.05. The fraction of sp³-hybridized carbons (Fsp3) is 0.333. The molecule has 1 nitrogen and oxygen atoms in total. The summed E-state index contributed by atoms with van der Waals surface area (Å²) in [4.78, 5) is 1.86. The predicted molar refractivity (Wildman–Crippen MR) is 53.4 cm³/mol. The Morgan fingerprint density at radius 2 is 1.92 bits per heavy atom. The van der Waals surface area contributed by atoms with Gasteiger partial charge in [0.25, 0.3) is 6.43 Å². The minimum Gasteiger partial charge on any atom is -0.377 e. The second-order valence-corrected chi connectivity index (χ2v) is 3.76. The standard InChI is InChI=1S/C9H10BrF2N/c1-13(2)8-4-3-6(9(11)12)5-7(8)10/h3-5,9H,1-2H3. The summed E-state index contributed by atoms with van der Waals surface area (Å²) in [6.45, 7) is 0. The number of hydrogen-bond donors (Lipinski definition) is 0. The van der Waals surface area contributed by atoms with Gasteiger partial charge >= 0.3 is 0 Å². The van der Waals surface area contributed by atoms with Gasteiger partial charge in [0.15, 0.2) is 0 Å². The Morgan fingerprint density at radius 1 is 1.31 bits per heavy atom. The van der Waals surface area contributed by atoms with E-state index >= 15 is 0 Å². The van der Waals surface area contributed by atoms with Gasteiger partial charge in [-0.2, -0.15) is 0 Å². The van der Waals surface area contributed by atoms with Crippen molar-refractivity contribution < 1.29 is 8.78 Å². The highest BCUT2D eigenvalue weighted by Crippen LogP contribution is 2.29. The van der Waals surface area contributed by atoms with Crippen molar-refractivity contribution in [2.24, 2.45) is 0 Å². The third kappa shape index (κ3) is 2.40. The second-order valence-electron chi connectivity index (χ2n) is 2.91. The number of nitrogens with zero attached hydrogens (tertiary/aromatic N) is 1. The van der Waals surface area contributed by atoms with Crippen LogP contribution in [-0.4, -0.2) is 14.1 Å². The molecule has 0 aliphatic rings. The third-order valence-electron chi connectivity index (χ3n) is 1.71. The fourth-order valence-electron chi connectivity index (χ4n) is 1.02. The number of rotatable bonds is 2.